The lowest BCUT2D eigenvalue weighted by molar-refractivity contribution is 0.965. The summed E-state index contributed by atoms with van der Waals surface area (Å²) in [7, 11) is 0. The molecule has 0 aliphatic heterocycles. The minimum atomic E-state index is 0.748. The first-order valence-corrected chi connectivity index (χ1v) is 7.98. The zero-order valence-corrected chi connectivity index (χ0v) is 14.3. The van der Waals surface area contributed by atoms with E-state index in [4.69, 9.17) is 11.6 Å². The number of benzene rings is 2. The van der Waals surface area contributed by atoms with Crippen LogP contribution in [0, 0.1) is 20.8 Å². The lowest BCUT2D eigenvalue weighted by Gasteiger charge is -2.09. The second kappa shape index (κ2) is 6.43. The quantitative estimate of drug-likeness (QED) is 0.542. The van der Waals surface area contributed by atoms with Crippen LogP contribution in [-0.4, -0.2) is 10.8 Å². The van der Waals surface area contributed by atoms with Crippen LogP contribution in [0.4, 0.5) is 5.69 Å². The van der Waals surface area contributed by atoms with Gasteiger partial charge >= 0.3 is 0 Å². The molecule has 0 N–H and O–H groups in total. The first-order chi connectivity index (χ1) is 11.1. The molecule has 0 amide bonds. The van der Waals surface area contributed by atoms with Crippen LogP contribution in [0.25, 0.3) is 5.69 Å². The lowest BCUT2D eigenvalue weighted by atomic mass is 10.2. The largest absolute Gasteiger partial charge is 0.318 e. The van der Waals surface area contributed by atoms with E-state index >= 15 is 0 Å². The van der Waals surface area contributed by atoms with E-state index in [2.05, 4.69) is 42.5 Å². The summed E-state index contributed by atoms with van der Waals surface area (Å²) >= 11 is 5.99. The minimum absolute atomic E-state index is 0.748. The summed E-state index contributed by atoms with van der Waals surface area (Å²) in [5, 5.41) is 0.748. The van der Waals surface area contributed by atoms with Gasteiger partial charge in [0.15, 0.2) is 0 Å². The standard InChI is InChI=1S/C20H19ClN2/c1-14-6-4-5-7-20(14)22-13-17-12-15(2)23(16(17)3)19-10-8-18(21)9-11-19/h4-13H,1-3H3. The van der Waals surface area contributed by atoms with Gasteiger partial charge in [-0.25, -0.2) is 0 Å². The average molecular weight is 323 g/mol. The van der Waals surface area contributed by atoms with Gasteiger partial charge in [-0.15, -0.1) is 0 Å². The van der Waals surface area contributed by atoms with Crippen molar-refractivity contribution >= 4 is 23.5 Å². The number of rotatable bonds is 3. The Kier molecular flexibility index (Phi) is 4.35. The molecule has 0 saturated carbocycles. The molecule has 2 aromatic carbocycles. The lowest BCUT2D eigenvalue weighted by Crippen LogP contribution is -1.99. The van der Waals surface area contributed by atoms with Gasteiger partial charge in [0.05, 0.1) is 5.69 Å². The van der Waals surface area contributed by atoms with E-state index in [1.54, 1.807) is 0 Å². The van der Waals surface area contributed by atoms with Crippen LogP contribution in [0.2, 0.25) is 5.02 Å². The number of halogens is 1. The van der Waals surface area contributed by atoms with Crippen LogP contribution in [0.3, 0.4) is 0 Å². The summed E-state index contributed by atoms with van der Waals surface area (Å²) in [6.07, 6.45) is 1.94. The van der Waals surface area contributed by atoms with Gasteiger partial charge in [-0.3, -0.25) is 4.99 Å². The molecule has 2 nitrogen and oxygen atoms in total. The molecule has 23 heavy (non-hydrogen) atoms. The average Bonchev–Trinajstić information content (AvgIpc) is 2.82. The van der Waals surface area contributed by atoms with E-state index in [0.29, 0.717) is 0 Å². The van der Waals surface area contributed by atoms with Crippen molar-refractivity contribution in [1.29, 1.82) is 0 Å². The highest BCUT2D eigenvalue weighted by molar-refractivity contribution is 6.30. The van der Waals surface area contributed by atoms with Crippen LogP contribution in [0.15, 0.2) is 59.6 Å². The maximum absolute atomic E-state index is 5.99. The van der Waals surface area contributed by atoms with Gasteiger partial charge in [0.1, 0.15) is 0 Å². The monoisotopic (exact) mass is 322 g/mol. The van der Waals surface area contributed by atoms with E-state index in [0.717, 1.165) is 22.0 Å². The second-order valence-corrected chi connectivity index (χ2v) is 6.12. The molecular weight excluding hydrogens is 304 g/mol. The maximum atomic E-state index is 5.99. The van der Waals surface area contributed by atoms with Crippen molar-refractivity contribution in [1.82, 2.24) is 4.57 Å². The number of hydrogen-bond acceptors (Lipinski definition) is 1. The Labute approximate surface area is 142 Å². The summed E-state index contributed by atoms with van der Waals surface area (Å²) in [5.74, 6) is 0. The summed E-state index contributed by atoms with van der Waals surface area (Å²) in [6.45, 7) is 6.29. The van der Waals surface area contributed by atoms with E-state index in [1.165, 1.54) is 17.0 Å². The molecular formula is C20H19ClN2. The highest BCUT2D eigenvalue weighted by atomic mass is 35.5. The molecule has 3 rings (SSSR count). The first-order valence-electron chi connectivity index (χ1n) is 7.61. The molecule has 0 saturated heterocycles. The molecule has 116 valence electrons. The fourth-order valence-electron chi connectivity index (χ4n) is 2.75. The third-order valence-corrected chi connectivity index (χ3v) is 4.27. The van der Waals surface area contributed by atoms with Gasteiger partial charge in [-0.05, 0) is 62.7 Å². The Morgan fingerprint density at radius 1 is 0.957 bits per heavy atom. The summed E-state index contributed by atoms with van der Waals surface area (Å²) < 4.78 is 2.22. The van der Waals surface area contributed by atoms with Crippen LogP contribution >= 0.6 is 11.6 Å². The van der Waals surface area contributed by atoms with Crippen molar-refractivity contribution in [2.75, 3.05) is 0 Å². The van der Waals surface area contributed by atoms with Gasteiger partial charge in [0, 0.05) is 33.9 Å². The second-order valence-electron chi connectivity index (χ2n) is 5.68. The number of nitrogens with zero attached hydrogens (tertiary/aromatic N) is 2. The number of aromatic nitrogens is 1. The van der Waals surface area contributed by atoms with Gasteiger partial charge in [-0.1, -0.05) is 29.8 Å². The smallest absolute Gasteiger partial charge is 0.0659 e. The van der Waals surface area contributed by atoms with Crippen molar-refractivity contribution in [2.45, 2.75) is 20.8 Å². The molecule has 0 unspecified atom stereocenters. The predicted octanol–water partition coefficient (Wildman–Crippen LogP) is 5.81. The Hall–Kier alpha value is -2.32. The van der Waals surface area contributed by atoms with Crippen molar-refractivity contribution in [3.63, 3.8) is 0 Å². The van der Waals surface area contributed by atoms with Gasteiger partial charge in [-0.2, -0.15) is 0 Å². The van der Waals surface area contributed by atoms with Crippen LogP contribution in [-0.2, 0) is 0 Å². The van der Waals surface area contributed by atoms with Crippen molar-refractivity contribution in [3.05, 3.63) is 82.1 Å². The number of hydrogen-bond donors (Lipinski definition) is 0. The topological polar surface area (TPSA) is 17.3 Å². The molecule has 0 spiro atoms. The fraction of sp³-hybridized carbons (Fsp3) is 0.150. The van der Waals surface area contributed by atoms with Crippen molar-refractivity contribution in [2.24, 2.45) is 4.99 Å². The zero-order valence-electron chi connectivity index (χ0n) is 13.5. The van der Waals surface area contributed by atoms with E-state index in [1.807, 2.05) is 48.7 Å². The van der Waals surface area contributed by atoms with Gasteiger partial charge in [0.2, 0.25) is 0 Å². The fourth-order valence-corrected chi connectivity index (χ4v) is 2.88. The number of aliphatic imine (C=N–C) groups is 1. The molecule has 1 heterocycles. The predicted molar refractivity (Wildman–Crippen MR) is 98.7 cm³/mol. The molecule has 3 heteroatoms. The Morgan fingerprint density at radius 3 is 2.35 bits per heavy atom. The van der Waals surface area contributed by atoms with Crippen LogP contribution in [0.1, 0.15) is 22.5 Å². The van der Waals surface area contributed by atoms with Crippen molar-refractivity contribution < 1.29 is 0 Å². The highest BCUT2D eigenvalue weighted by Gasteiger charge is 2.09. The Morgan fingerprint density at radius 2 is 1.65 bits per heavy atom. The molecule has 0 aliphatic carbocycles. The number of aryl methyl sites for hydroxylation is 2. The summed E-state index contributed by atoms with van der Waals surface area (Å²) in [4.78, 5) is 4.64. The molecule has 0 atom stereocenters. The maximum Gasteiger partial charge on any atom is 0.0659 e. The summed E-state index contributed by atoms with van der Waals surface area (Å²) in [6, 6.07) is 18.2. The minimum Gasteiger partial charge on any atom is -0.318 e. The molecule has 0 aliphatic rings. The summed E-state index contributed by atoms with van der Waals surface area (Å²) in [5.41, 5.74) is 6.76. The van der Waals surface area contributed by atoms with Crippen molar-refractivity contribution in [3.8, 4) is 5.69 Å². The van der Waals surface area contributed by atoms with E-state index < -0.39 is 0 Å². The molecule has 3 aromatic rings. The molecule has 1 aromatic heterocycles. The third-order valence-electron chi connectivity index (χ3n) is 4.01. The molecule has 0 bridgehead atoms. The Balaban J connectivity index is 1.98. The van der Waals surface area contributed by atoms with Gasteiger partial charge < -0.3 is 4.57 Å². The SMILES string of the molecule is Cc1ccccc1N=Cc1cc(C)n(-c2ccc(Cl)cc2)c1C. The first kappa shape index (κ1) is 15.6. The third kappa shape index (κ3) is 3.22. The molecule has 0 radical (unpaired) electrons. The van der Waals surface area contributed by atoms with Crippen LogP contribution < -0.4 is 0 Å². The normalized spacial score (nSPS) is 11.3. The van der Waals surface area contributed by atoms with E-state index in [-0.39, 0.29) is 0 Å². The molecule has 0 fully saturated rings. The number of para-hydroxylation sites is 1. The zero-order chi connectivity index (χ0) is 16.4. The highest BCUT2D eigenvalue weighted by Crippen LogP contribution is 2.23. The van der Waals surface area contributed by atoms with Crippen LogP contribution in [0.5, 0.6) is 0 Å². The van der Waals surface area contributed by atoms with E-state index in [9.17, 15) is 0 Å². The van der Waals surface area contributed by atoms with Gasteiger partial charge in [0.25, 0.3) is 0 Å². The Bertz CT molecular complexity index is 858.